The summed E-state index contributed by atoms with van der Waals surface area (Å²) in [5.41, 5.74) is 2.46. The van der Waals surface area contributed by atoms with E-state index in [2.05, 4.69) is 10.6 Å². The fraction of sp³-hybridized carbons (Fsp3) is 0.154. The Bertz CT molecular complexity index is 1280. The van der Waals surface area contributed by atoms with Crippen molar-refractivity contribution in [3.05, 3.63) is 71.8 Å². The Labute approximate surface area is 205 Å². The second-order valence-electron chi connectivity index (χ2n) is 8.10. The number of carbonyl (C=O) groups excluding carboxylic acids is 4. The predicted molar refractivity (Wildman–Crippen MR) is 127 cm³/mol. The van der Waals surface area contributed by atoms with Crippen LogP contribution in [-0.2, 0) is 22.4 Å². The van der Waals surface area contributed by atoms with Gasteiger partial charge in [0.1, 0.15) is 23.0 Å². The van der Waals surface area contributed by atoms with Gasteiger partial charge in [-0.05, 0) is 54.3 Å². The first kappa shape index (κ1) is 22.9. The molecule has 0 fully saturated rings. The Morgan fingerprint density at radius 3 is 1.58 bits per heavy atom. The molecule has 0 spiro atoms. The van der Waals surface area contributed by atoms with Crippen LogP contribution in [0.3, 0.4) is 0 Å². The van der Waals surface area contributed by atoms with Gasteiger partial charge in [-0.1, -0.05) is 18.2 Å². The lowest BCUT2D eigenvalue weighted by Crippen LogP contribution is -2.19. The van der Waals surface area contributed by atoms with Crippen LogP contribution in [0.1, 0.15) is 24.0 Å². The number of fused-ring (bicyclic) bond motifs is 2. The molecule has 3 aromatic rings. The average Bonchev–Trinajstić information content (AvgIpc) is 2.83. The normalized spacial score (nSPS) is 13.9. The molecule has 10 nitrogen and oxygen atoms in total. The molecule has 0 unspecified atom stereocenters. The van der Waals surface area contributed by atoms with E-state index in [1.807, 2.05) is 0 Å². The van der Waals surface area contributed by atoms with Gasteiger partial charge in [0, 0.05) is 23.5 Å². The van der Waals surface area contributed by atoms with Crippen molar-refractivity contribution in [1.29, 1.82) is 0 Å². The fourth-order valence-electron chi connectivity index (χ4n) is 3.80. The van der Waals surface area contributed by atoms with E-state index in [0.29, 0.717) is 48.6 Å². The molecule has 182 valence electrons. The number of ether oxygens (including phenoxy) is 4. The number of amides is 2. The van der Waals surface area contributed by atoms with Gasteiger partial charge in [0.25, 0.3) is 0 Å². The van der Waals surface area contributed by atoms with Crippen LogP contribution in [-0.4, -0.2) is 24.1 Å². The number of nitrogens with one attached hydrogen (secondary N) is 2. The van der Waals surface area contributed by atoms with Crippen LogP contribution in [0, 0.1) is 0 Å². The number of rotatable bonds is 4. The molecule has 0 atom stereocenters. The van der Waals surface area contributed by atoms with Crippen LogP contribution in [0.25, 0.3) is 0 Å². The van der Waals surface area contributed by atoms with Crippen LogP contribution in [0.2, 0.25) is 0 Å². The molecular weight excluding hydrogens is 468 g/mol. The number of carbonyl (C=O) groups is 4. The molecule has 0 radical (unpaired) electrons. The van der Waals surface area contributed by atoms with Crippen molar-refractivity contribution < 1.29 is 38.1 Å². The second kappa shape index (κ2) is 9.79. The third-order valence-electron chi connectivity index (χ3n) is 5.50. The van der Waals surface area contributed by atoms with Crippen LogP contribution in [0.15, 0.2) is 60.7 Å². The summed E-state index contributed by atoms with van der Waals surface area (Å²) in [7, 11) is 0. The van der Waals surface area contributed by atoms with E-state index in [0.717, 1.165) is 11.1 Å². The molecule has 36 heavy (non-hydrogen) atoms. The maximum absolute atomic E-state index is 12.3. The zero-order valence-corrected chi connectivity index (χ0v) is 18.9. The van der Waals surface area contributed by atoms with Gasteiger partial charge in [0.15, 0.2) is 0 Å². The summed E-state index contributed by atoms with van der Waals surface area (Å²) in [6.45, 7) is 0. The zero-order chi connectivity index (χ0) is 25.1. The number of esters is 2. The van der Waals surface area contributed by atoms with Crippen molar-refractivity contribution in [2.45, 2.75) is 25.7 Å². The van der Waals surface area contributed by atoms with E-state index in [-0.39, 0.29) is 23.4 Å². The van der Waals surface area contributed by atoms with E-state index in [1.54, 1.807) is 42.5 Å². The van der Waals surface area contributed by atoms with Crippen molar-refractivity contribution in [2.75, 3.05) is 10.6 Å². The predicted octanol–water partition coefficient (Wildman–Crippen LogP) is 4.61. The topological polar surface area (TPSA) is 129 Å². The molecule has 10 heteroatoms. The summed E-state index contributed by atoms with van der Waals surface area (Å²) < 4.78 is 20.9. The van der Waals surface area contributed by atoms with Gasteiger partial charge in [0.2, 0.25) is 0 Å². The first-order valence-corrected chi connectivity index (χ1v) is 11.2. The van der Waals surface area contributed by atoms with Gasteiger partial charge in [-0.15, -0.1) is 0 Å². The summed E-state index contributed by atoms with van der Waals surface area (Å²) in [6, 6.07) is 16.1. The van der Waals surface area contributed by atoms with Gasteiger partial charge in [-0.25, -0.2) is 9.59 Å². The van der Waals surface area contributed by atoms with Crippen LogP contribution in [0.4, 0.5) is 21.0 Å². The lowest BCUT2D eigenvalue weighted by atomic mass is 10.1. The van der Waals surface area contributed by atoms with E-state index >= 15 is 0 Å². The summed E-state index contributed by atoms with van der Waals surface area (Å²) in [5.74, 6) is 0.518. The molecule has 0 aromatic heterocycles. The number of aryl methyl sites for hydroxylation is 2. The first-order valence-electron chi connectivity index (χ1n) is 11.2. The maximum Gasteiger partial charge on any atom is 0.417 e. The molecule has 5 rings (SSSR count). The Morgan fingerprint density at radius 1 is 0.639 bits per heavy atom. The van der Waals surface area contributed by atoms with Crippen molar-refractivity contribution >= 4 is 35.5 Å². The SMILES string of the molecule is O=C1CCc2ccc(OC(=O)Nc3cccc(NC(=O)Oc4ccc5c(c4)OC(=O)CC5)c3)cc2O1. The van der Waals surface area contributed by atoms with Crippen LogP contribution >= 0.6 is 0 Å². The highest BCUT2D eigenvalue weighted by Gasteiger charge is 2.19. The third kappa shape index (κ3) is 5.44. The number of hydrogen-bond donors (Lipinski definition) is 2. The number of hydrogen-bond acceptors (Lipinski definition) is 8. The highest BCUT2D eigenvalue weighted by molar-refractivity contribution is 5.90. The van der Waals surface area contributed by atoms with E-state index in [9.17, 15) is 19.2 Å². The maximum atomic E-state index is 12.3. The summed E-state index contributed by atoms with van der Waals surface area (Å²) in [5, 5.41) is 5.14. The largest absolute Gasteiger partial charge is 0.426 e. The lowest BCUT2D eigenvalue weighted by Gasteiger charge is -2.16. The van der Waals surface area contributed by atoms with Gasteiger partial charge >= 0.3 is 24.1 Å². The molecule has 0 saturated heterocycles. The van der Waals surface area contributed by atoms with Crippen molar-refractivity contribution in [2.24, 2.45) is 0 Å². The molecule has 0 bridgehead atoms. The van der Waals surface area contributed by atoms with Crippen LogP contribution < -0.4 is 29.6 Å². The highest BCUT2D eigenvalue weighted by Crippen LogP contribution is 2.31. The molecular formula is C26H20N2O8. The Balaban J connectivity index is 1.18. The van der Waals surface area contributed by atoms with Crippen molar-refractivity contribution in [3.63, 3.8) is 0 Å². The highest BCUT2D eigenvalue weighted by atomic mass is 16.6. The molecule has 3 aromatic carbocycles. The Kier molecular flexibility index (Phi) is 6.23. The molecule has 2 N–H and O–H groups in total. The van der Waals surface area contributed by atoms with Crippen molar-refractivity contribution in [1.82, 2.24) is 0 Å². The van der Waals surface area contributed by atoms with E-state index in [1.165, 1.54) is 18.2 Å². The quantitative estimate of drug-likeness (QED) is 0.402. The van der Waals surface area contributed by atoms with Gasteiger partial charge < -0.3 is 18.9 Å². The number of anilines is 2. The zero-order valence-electron chi connectivity index (χ0n) is 18.9. The van der Waals surface area contributed by atoms with Crippen LogP contribution in [0.5, 0.6) is 23.0 Å². The lowest BCUT2D eigenvalue weighted by molar-refractivity contribution is -0.136. The number of benzene rings is 3. The van der Waals surface area contributed by atoms with Crippen molar-refractivity contribution in [3.8, 4) is 23.0 Å². The minimum Gasteiger partial charge on any atom is -0.426 e. The molecule has 0 aliphatic carbocycles. The molecule has 0 saturated carbocycles. The third-order valence-corrected chi connectivity index (χ3v) is 5.50. The smallest absolute Gasteiger partial charge is 0.417 e. The Morgan fingerprint density at radius 2 is 1.11 bits per heavy atom. The molecule has 2 aliphatic heterocycles. The minimum absolute atomic E-state index is 0.217. The fourth-order valence-corrected chi connectivity index (χ4v) is 3.80. The van der Waals surface area contributed by atoms with E-state index < -0.39 is 12.2 Å². The monoisotopic (exact) mass is 488 g/mol. The standard InChI is InChI=1S/C26H20N2O8/c29-23-10-6-15-4-8-19(13-21(15)35-23)33-25(31)27-17-2-1-3-18(12-17)28-26(32)34-20-9-5-16-7-11-24(30)36-22(16)14-20/h1-5,8-9,12-14H,6-7,10-11H2,(H,27,31)(H,28,32). The van der Waals surface area contributed by atoms with E-state index in [4.69, 9.17) is 18.9 Å². The summed E-state index contributed by atoms with van der Waals surface area (Å²) >= 11 is 0. The summed E-state index contributed by atoms with van der Waals surface area (Å²) in [4.78, 5) is 47.6. The summed E-state index contributed by atoms with van der Waals surface area (Å²) in [6.07, 6.45) is 0.245. The molecule has 2 amide bonds. The van der Waals surface area contributed by atoms with Gasteiger partial charge in [-0.2, -0.15) is 0 Å². The van der Waals surface area contributed by atoms with Gasteiger partial charge in [0.05, 0.1) is 12.8 Å². The Hall–Kier alpha value is -4.86. The van der Waals surface area contributed by atoms with Gasteiger partial charge in [-0.3, -0.25) is 20.2 Å². The molecule has 2 aliphatic rings. The minimum atomic E-state index is -0.764. The second-order valence-corrected chi connectivity index (χ2v) is 8.10. The average molecular weight is 488 g/mol. The molecule has 2 heterocycles. The first-order chi connectivity index (χ1) is 17.4.